The van der Waals surface area contributed by atoms with E-state index in [1.54, 1.807) is 0 Å². The average molecular weight is 376 g/mol. The molecule has 0 saturated carbocycles. The quantitative estimate of drug-likeness (QED) is 0.841. The lowest BCUT2D eigenvalue weighted by atomic mass is 9.99. The zero-order valence-corrected chi connectivity index (χ0v) is 17.0. The minimum atomic E-state index is 0.0142. The van der Waals surface area contributed by atoms with Crippen LogP contribution in [0.2, 0.25) is 0 Å². The second kappa shape index (κ2) is 8.31. The molecule has 2 aromatic heterocycles. The molecule has 0 unspecified atom stereocenters. The Bertz CT molecular complexity index is 758. The fourth-order valence-electron chi connectivity index (χ4n) is 3.49. The summed E-state index contributed by atoms with van der Waals surface area (Å²) in [5, 5.41) is 10.1. The van der Waals surface area contributed by atoms with Crippen molar-refractivity contribution in [1.29, 1.82) is 0 Å². The summed E-state index contributed by atoms with van der Waals surface area (Å²) in [5.41, 5.74) is 4.36. The van der Waals surface area contributed by atoms with E-state index in [9.17, 15) is 4.79 Å². The number of amides is 1. The van der Waals surface area contributed by atoms with Crippen LogP contribution >= 0.6 is 11.3 Å². The van der Waals surface area contributed by atoms with Crippen molar-refractivity contribution >= 4 is 22.4 Å². The Balaban J connectivity index is 1.48. The zero-order valence-electron chi connectivity index (χ0n) is 16.2. The number of likely N-dealkylation sites (tertiary alicyclic amines) is 1. The molecule has 142 valence electrons. The minimum absolute atomic E-state index is 0.0142. The van der Waals surface area contributed by atoms with Crippen LogP contribution in [-0.2, 0) is 24.8 Å². The first-order chi connectivity index (χ1) is 12.4. The van der Waals surface area contributed by atoms with E-state index in [0.29, 0.717) is 18.0 Å². The average Bonchev–Trinajstić information content (AvgIpc) is 3.12. The molecule has 1 saturated heterocycles. The van der Waals surface area contributed by atoms with E-state index in [0.717, 1.165) is 42.6 Å². The Morgan fingerprint density at radius 2 is 2.08 bits per heavy atom. The molecule has 0 bridgehead atoms. The van der Waals surface area contributed by atoms with Gasteiger partial charge in [-0.15, -0.1) is 11.3 Å². The Morgan fingerprint density at radius 3 is 2.73 bits per heavy atom. The number of piperidine rings is 1. The Kier molecular flexibility index (Phi) is 6.09. The van der Waals surface area contributed by atoms with Crippen molar-refractivity contribution in [3.05, 3.63) is 28.0 Å². The topological polar surface area (TPSA) is 63.1 Å². The lowest BCUT2D eigenvalue weighted by Gasteiger charge is -2.29. The van der Waals surface area contributed by atoms with Crippen molar-refractivity contribution in [3.8, 4) is 0 Å². The first-order valence-corrected chi connectivity index (χ1v) is 10.3. The smallest absolute Gasteiger partial charge is 0.226 e. The van der Waals surface area contributed by atoms with E-state index >= 15 is 0 Å². The highest BCUT2D eigenvalue weighted by molar-refractivity contribution is 7.13. The zero-order chi connectivity index (χ0) is 18.7. The van der Waals surface area contributed by atoms with Crippen LogP contribution in [0.5, 0.6) is 0 Å². The molecule has 1 aliphatic rings. The van der Waals surface area contributed by atoms with Crippen LogP contribution in [0.4, 0.5) is 5.13 Å². The highest BCUT2D eigenvalue weighted by atomic mass is 32.1. The van der Waals surface area contributed by atoms with Crippen molar-refractivity contribution in [2.75, 3.05) is 18.4 Å². The van der Waals surface area contributed by atoms with Gasteiger partial charge >= 0.3 is 0 Å². The molecule has 1 fully saturated rings. The van der Waals surface area contributed by atoms with Crippen LogP contribution in [0.1, 0.15) is 48.8 Å². The molecule has 26 heavy (non-hydrogen) atoms. The van der Waals surface area contributed by atoms with Crippen LogP contribution in [-0.4, -0.2) is 38.7 Å². The summed E-state index contributed by atoms with van der Waals surface area (Å²) in [6.45, 7) is 9.53. The number of nitrogens with zero attached hydrogens (tertiary/aromatic N) is 4. The number of aryl methyl sites for hydroxylation is 2. The predicted octanol–water partition coefficient (Wildman–Crippen LogP) is 3.30. The minimum Gasteiger partial charge on any atom is -0.302 e. The number of rotatable bonds is 6. The largest absolute Gasteiger partial charge is 0.302 e. The van der Waals surface area contributed by atoms with Gasteiger partial charge in [0, 0.05) is 31.1 Å². The van der Waals surface area contributed by atoms with E-state index in [-0.39, 0.29) is 5.91 Å². The van der Waals surface area contributed by atoms with Gasteiger partial charge in [-0.05, 0) is 57.7 Å². The lowest BCUT2D eigenvalue weighted by Crippen LogP contribution is -2.32. The van der Waals surface area contributed by atoms with Gasteiger partial charge in [-0.2, -0.15) is 5.10 Å². The third kappa shape index (κ3) is 4.71. The summed E-state index contributed by atoms with van der Waals surface area (Å²) in [7, 11) is 1.94. The van der Waals surface area contributed by atoms with Gasteiger partial charge in [-0.1, -0.05) is 6.92 Å². The van der Waals surface area contributed by atoms with Gasteiger partial charge < -0.3 is 5.32 Å². The second-order valence-corrected chi connectivity index (χ2v) is 8.28. The van der Waals surface area contributed by atoms with Gasteiger partial charge in [-0.25, -0.2) is 4.98 Å². The molecule has 3 heterocycles. The molecule has 0 atom stereocenters. The molecule has 2 aromatic rings. The third-order valence-electron chi connectivity index (χ3n) is 5.32. The van der Waals surface area contributed by atoms with Crippen molar-refractivity contribution in [2.24, 2.45) is 13.0 Å². The Labute approximate surface area is 159 Å². The maximum Gasteiger partial charge on any atom is 0.226 e. The third-order valence-corrected chi connectivity index (χ3v) is 6.13. The summed E-state index contributed by atoms with van der Waals surface area (Å²) >= 11 is 1.51. The number of hydrogen-bond acceptors (Lipinski definition) is 5. The predicted molar refractivity (Wildman–Crippen MR) is 105 cm³/mol. The van der Waals surface area contributed by atoms with Gasteiger partial charge in [0.15, 0.2) is 5.13 Å². The number of aromatic nitrogens is 3. The van der Waals surface area contributed by atoms with E-state index in [1.165, 1.54) is 29.7 Å². The van der Waals surface area contributed by atoms with Crippen molar-refractivity contribution in [1.82, 2.24) is 19.7 Å². The van der Waals surface area contributed by atoms with Crippen LogP contribution < -0.4 is 5.32 Å². The summed E-state index contributed by atoms with van der Waals surface area (Å²) in [6.07, 6.45) is 3.69. The van der Waals surface area contributed by atoms with Gasteiger partial charge in [0.25, 0.3) is 0 Å². The molecule has 6 nitrogen and oxygen atoms in total. The number of thiazole rings is 1. The number of nitrogens with one attached hydrogen (secondary N) is 1. The summed E-state index contributed by atoms with van der Waals surface area (Å²) in [6, 6.07) is 0. The molecule has 1 aliphatic heterocycles. The molecule has 0 aromatic carbocycles. The number of carbonyl (C=O) groups excluding carboxylic acids is 1. The molecule has 0 spiro atoms. The van der Waals surface area contributed by atoms with Crippen LogP contribution in [0.3, 0.4) is 0 Å². The van der Waals surface area contributed by atoms with Crippen molar-refractivity contribution in [3.63, 3.8) is 0 Å². The molecule has 0 radical (unpaired) electrons. The molecule has 7 heteroatoms. The fourth-order valence-corrected chi connectivity index (χ4v) is 4.20. The highest BCUT2D eigenvalue weighted by Crippen LogP contribution is 2.21. The van der Waals surface area contributed by atoms with Gasteiger partial charge in [0.05, 0.1) is 11.4 Å². The molecule has 1 amide bonds. The fraction of sp³-hybridized carbons (Fsp3) is 0.632. The molecular weight excluding hydrogens is 346 g/mol. The standard InChI is InChI=1S/C19H29N5OS/c1-13-7-9-24(10-8-13)11-16-12-26-19(20-16)21-18(25)6-5-17-14(2)22-23(4)15(17)3/h12-13H,5-11H2,1-4H3,(H,20,21,25). The molecular formula is C19H29N5OS. The van der Waals surface area contributed by atoms with Gasteiger partial charge in [0.2, 0.25) is 5.91 Å². The first-order valence-electron chi connectivity index (χ1n) is 9.38. The van der Waals surface area contributed by atoms with Gasteiger partial charge in [0.1, 0.15) is 0 Å². The van der Waals surface area contributed by atoms with Crippen LogP contribution in [0.25, 0.3) is 0 Å². The van der Waals surface area contributed by atoms with E-state index in [4.69, 9.17) is 0 Å². The summed E-state index contributed by atoms with van der Waals surface area (Å²) in [5.74, 6) is 0.851. The van der Waals surface area contributed by atoms with Crippen molar-refractivity contribution in [2.45, 2.75) is 53.0 Å². The highest BCUT2D eigenvalue weighted by Gasteiger charge is 2.17. The lowest BCUT2D eigenvalue weighted by molar-refractivity contribution is -0.116. The number of hydrogen-bond donors (Lipinski definition) is 1. The SMILES string of the molecule is Cc1nn(C)c(C)c1CCC(=O)Nc1nc(CN2CCC(C)CC2)cs1. The maximum absolute atomic E-state index is 12.3. The van der Waals surface area contributed by atoms with E-state index in [2.05, 4.69) is 32.6 Å². The number of anilines is 1. The molecule has 3 rings (SSSR count). The second-order valence-electron chi connectivity index (χ2n) is 7.42. The Hall–Kier alpha value is -1.73. The first kappa shape index (κ1) is 19.0. The summed E-state index contributed by atoms with van der Waals surface area (Å²) in [4.78, 5) is 19.3. The van der Waals surface area contributed by atoms with E-state index in [1.807, 2.05) is 25.6 Å². The summed E-state index contributed by atoms with van der Waals surface area (Å²) < 4.78 is 1.87. The maximum atomic E-state index is 12.3. The van der Waals surface area contributed by atoms with Crippen LogP contribution in [0.15, 0.2) is 5.38 Å². The van der Waals surface area contributed by atoms with Crippen LogP contribution in [0, 0.1) is 19.8 Å². The molecule has 1 N–H and O–H groups in total. The Morgan fingerprint density at radius 1 is 1.35 bits per heavy atom. The normalized spacial score (nSPS) is 16.2. The number of carbonyl (C=O) groups is 1. The molecule has 0 aliphatic carbocycles. The van der Waals surface area contributed by atoms with E-state index < -0.39 is 0 Å². The van der Waals surface area contributed by atoms with Crippen molar-refractivity contribution < 1.29 is 4.79 Å². The monoisotopic (exact) mass is 375 g/mol. The van der Waals surface area contributed by atoms with Gasteiger partial charge in [-0.3, -0.25) is 14.4 Å².